The van der Waals surface area contributed by atoms with E-state index in [4.69, 9.17) is 5.73 Å². The molecule has 0 unspecified atom stereocenters. The minimum absolute atomic E-state index is 0.0226. The predicted octanol–water partition coefficient (Wildman–Crippen LogP) is 2.18. The van der Waals surface area contributed by atoms with Crippen molar-refractivity contribution >= 4 is 37.5 Å². The number of nitrogens with one attached hydrogen (secondary N) is 1. The van der Waals surface area contributed by atoms with Crippen LogP contribution in [-0.4, -0.2) is 18.0 Å². The largest absolute Gasteiger partial charge is 0.381 e. The molecule has 0 saturated carbocycles. The Morgan fingerprint density at radius 2 is 1.85 bits per heavy atom. The first kappa shape index (κ1) is 14.9. The van der Waals surface area contributed by atoms with Gasteiger partial charge >= 0.3 is 0 Å². The van der Waals surface area contributed by atoms with Gasteiger partial charge in [0.15, 0.2) is 10.8 Å². The SMILES string of the molecule is Cc1cc(NS(=O)(=O)c2c(N)ncn2C)cc(C)c1Br. The third-order valence-corrected chi connectivity index (χ3v) is 5.61. The molecule has 6 nitrogen and oxygen atoms in total. The number of anilines is 2. The minimum Gasteiger partial charge on any atom is -0.381 e. The Morgan fingerprint density at radius 1 is 1.30 bits per heavy atom. The van der Waals surface area contributed by atoms with Crippen molar-refractivity contribution < 1.29 is 8.42 Å². The fourth-order valence-electron chi connectivity index (χ4n) is 1.97. The number of aromatic nitrogens is 2. The van der Waals surface area contributed by atoms with Crippen LogP contribution in [0.5, 0.6) is 0 Å². The lowest BCUT2D eigenvalue weighted by Crippen LogP contribution is -2.17. The number of hydrogen-bond donors (Lipinski definition) is 2. The van der Waals surface area contributed by atoms with Crippen LogP contribution < -0.4 is 10.5 Å². The average Bonchev–Trinajstić information content (AvgIpc) is 2.66. The number of nitrogen functional groups attached to an aromatic ring is 1. The van der Waals surface area contributed by atoms with Crippen LogP contribution in [0, 0.1) is 13.8 Å². The summed E-state index contributed by atoms with van der Waals surface area (Å²) in [5.41, 5.74) is 7.99. The van der Waals surface area contributed by atoms with Gasteiger partial charge in [0.05, 0.1) is 6.33 Å². The molecule has 8 heteroatoms. The van der Waals surface area contributed by atoms with Gasteiger partial charge in [-0.2, -0.15) is 8.42 Å². The molecule has 1 aromatic carbocycles. The van der Waals surface area contributed by atoms with Gasteiger partial charge in [0, 0.05) is 17.2 Å². The van der Waals surface area contributed by atoms with Crippen molar-refractivity contribution in [1.82, 2.24) is 9.55 Å². The van der Waals surface area contributed by atoms with Gasteiger partial charge in [0.25, 0.3) is 10.0 Å². The molecule has 0 spiro atoms. The smallest absolute Gasteiger partial charge is 0.281 e. The summed E-state index contributed by atoms with van der Waals surface area (Å²) in [6, 6.07) is 3.50. The molecule has 0 aliphatic rings. The molecule has 1 aromatic heterocycles. The van der Waals surface area contributed by atoms with Crippen molar-refractivity contribution in [3.63, 3.8) is 0 Å². The van der Waals surface area contributed by atoms with E-state index in [1.807, 2.05) is 13.8 Å². The van der Waals surface area contributed by atoms with Gasteiger partial charge in [0.1, 0.15) is 0 Å². The van der Waals surface area contributed by atoms with Crippen molar-refractivity contribution in [3.8, 4) is 0 Å². The van der Waals surface area contributed by atoms with E-state index in [-0.39, 0.29) is 10.8 Å². The molecule has 0 aliphatic heterocycles. The summed E-state index contributed by atoms with van der Waals surface area (Å²) < 4.78 is 29.5. The molecule has 0 aliphatic carbocycles. The maximum absolute atomic E-state index is 12.3. The molecule has 0 saturated heterocycles. The number of halogens is 1. The Morgan fingerprint density at radius 3 is 2.30 bits per heavy atom. The highest BCUT2D eigenvalue weighted by Crippen LogP contribution is 2.27. The maximum Gasteiger partial charge on any atom is 0.281 e. The Labute approximate surface area is 126 Å². The molecule has 3 N–H and O–H groups in total. The van der Waals surface area contributed by atoms with E-state index in [1.165, 1.54) is 10.9 Å². The molecule has 2 aromatic rings. The van der Waals surface area contributed by atoms with Gasteiger partial charge in [-0.25, -0.2) is 4.98 Å². The summed E-state index contributed by atoms with van der Waals surface area (Å²) in [4.78, 5) is 3.79. The first-order valence-electron chi connectivity index (χ1n) is 5.78. The number of hydrogen-bond acceptors (Lipinski definition) is 4. The number of aryl methyl sites for hydroxylation is 3. The second-order valence-electron chi connectivity index (χ2n) is 4.58. The van der Waals surface area contributed by atoms with Crippen LogP contribution in [0.2, 0.25) is 0 Å². The van der Waals surface area contributed by atoms with E-state index in [9.17, 15) is 8.42 Å². The van der Waals surface area contributed by atoms with E-state index < -0.39 is 10.0 Å². The van der Waals surface area contributed by atoms with Crippen LogP contribution in [0.3, 0.4) is 0 Å². The number of rotatable bonds is 3. The number of nitrogens with two attached hydrogens (primary N) is 1. The zero-order valence-corrected chi connectivity index (χ0v) is 13.7. The van der Waals surface area contributed by atoms with E-state index in [2.05, 4.69) is 25.6 Å². The molecule has 108 valence electrons. The molecule has 20 heavy (non-hydrogen) atoms. The van der Waals surface area contributed by atoms with Gasteiger partial charge < -0.3 is 10.3 Å². The van der Waals surface area contributed by atoms with E-state index in [0.717, 1.165) is 15.6 Å². The molecular weight excluding hydrogens is 344 g/mol. The number of nitrogens with zero attached hydrogens (tertiary/aromatic N) is 2. The lowest BCUT2D eigenvalue weighted by Gasteiger charge is -2.12. The maximum atomic E-state index is 12.3. The summed E-state index contributed by atoms with van der Waals surface area (Å²) in [5, 5.41) is -0.0456. The van der Waals surface area contributed by atoms with E-state index >= 15 is 0 Å². The molecule has 2 rings (SSSR count). The second-order valence-corrected chi connectivity index (χ2v) is 6.97. The van der Waals surface area contributed by atoms with Gasteiger partial charge in [-0.05, 0) is 37.1 Å². The van der Waals surface area contributed by atoms with Gasteiger partial charge in [-0.15, -0.1) is 0 Å². The Hall–Kier alpha value is -1.54. The predicted molar refractivity (Wildman–Crippen MR) is 82.0 cm³/mol. The third-order valence-electron chi connectivity index (χ3n) is 2.85. The standard InChI is InChI=1S/C12H15BrN4O2S/c1-7-4-9(5-8(2)10(7)13)16-20(18,19)12-11(14)15-6-17(12)3/h4-6,16H,14H2,1-3H3. The molecule has 0 amide bonds. The van der Waals surface area contributed by atoms with Crippen LogP contribution in [-0.2, 0) is 17.1 Å². The molecule has 0 radical (unpaired) electrons. The van der Waals surface area contributed by atoms with Crippen molar-refractivity contribution in [2.75, 3.05) is 10.5 Å². The lowest BCUT2D eigenvalue weighted by molar-refractivity contribution is 0.592. The van der Waals surface area contributed by atoms with Gasteiger partial charge in [-0.1, -0.05) is 15.9 Å². The topological polar surface area (TPSA) is 90.0 Å². The molecular formula is C12H15BrN4O2S. The van der Waals surface area contributed by atoms with Crippen LogP contribution in [0.1, 0.15) is 11.1 Å². The highest BCUT2D eigenvalue weighted by molar-refractivity contribution is 9.10. The van der Waals surface area contributed by atoms with Crippen molar-refractivity contribution in [1.29, 1.82) is 0 Å². The third kappa shape index (κ3) is 2.66. The Kier molecular flexibility index (Phi) is 3.79. The lowest BCUT2D eigenvalue weighted by atomic mass is 10.1. The zero-order chi connectivity index (χ0) is 15.1. The molecule has 0 atom stereocenters. The van der Waals surface area contributed by atoms with Crippen LogP contribution >= 0.6 is 15.9 Å². The number of imidazole rings is 1. The summed E-state index contributed by atoms with van der Waals surface area (Å²) in [6.45, 7) is 3.79. The molecule has 1 heterocycles. The zero-order valence-electron chi connectivity index (χ0n) is 11.3. The normalized spacial score (nSPS) is 11.6. The number of sulfonamides is 1. The van der Waals surface area contributed by atoms with Crippen LogP contribution in [0.25, 0.3) is 0 Å². The fraction of sp³-hybridized carbons (Fsp3) is 0.250. The van der Waals surface area contributed by atoms with E-state index in [1.54, 1.807) is 19.2 Å². The molecule has 0 fully saturated rings. The number of benzene rings is 1. The summed E-state index contributed by atoms with van der Waals surface area (Å²) in [6.07, 6.45) is 1.36. The minimum atomic E-state index is -3.77. The molecule has 0 bridgehead atoms. The Bertz CT molecular complexity index is 725. The van der Waals surface area contributed by atoms with Crippen molar-refractivity contribution in [2.24, 2.45) is 7.05 Å². The summed E-state index contributed by atoms with van der Waals surface area (Å²) in [7, 11) is -2.19. The average molecular weight is 359 g/mol. The van der Waals surface area contributed by atoms with Crippen LogP contribution in [0.4, 0.5) is 11.5 Å². The van der Waals surface area contributed by atoms with Gasteiger partial charge in [0.2, 0.25) is 0 Å². The summed E-state index contributed by atoms with van der Waals surface area (Å²) >= 11 is 3.44. The van der Waals surface area contributed by atoms with E-state index in [0.29, 0.717) is 5.69 Å². The highest BCUT2D eigenvalue weighted by atomic mass is 79.9. The second kappa shape index (κ2) is 5.10. The summed E-state index contributed by atoms with van der Waals surface area (Å²) in [5.74, 6) is -0.0226. The first-order chi connectivity index (χ1) is 9.22. The Balaban J connectivity index is 2.44. The quantitative estimate of drug-likeness (QED) is 0.879. The first-order valence-corrected chi connectivity index (χ1v) is 8.06. The monoisotopic (exact) mass is 358 g/mol. The van der Waals surface area contributed by atoms with Crippen LogP contribution in [0.15, 0.2) is 28.0 Å². The fourth-order valence-corrected chi connectivity index (χ4v) is 3.48. The van der Waals surface area contributed by atoms with Gasteiger partial charge in [-0.3, -0.25) is 4.72 Å². The van der Waals surface area contributed by atoms with Crippen molar-refractivity contribution in [2.45, 2.75) is 18.9 Å². The highest BCUT2D eigenvalue weighted by Gasteiger charge is 2.22. The van der Waals surface area contributed by atoms with Crippen molar-refractivity contribution in [3.05, 3.63) is 34.1 Å².